The Bertz CT molecular complexity index is 1560. The first kappa shape index (κ1) is 21.9. The summed E-state index contributed by atoms with van der Waals surface area (Å²) < 4.78 is 13.5. The lowest BCUT2D eigenvalue weighted by Gasteiger charge is -2.17. The molecule has 1 fully saturated rings. The van der Waals surface area contributed by atoms with Crippen molar-refractivity contribution in [3.05, 3.63) is 90.8 Å². The summed E-state index contributed by atoms with van der Waals surface area (Å²) in [6.45, 7) is 2.10. The fourth-order valence-corrected chi connectivity index (χ4v) is 4.58. The second-order valence-corrected chi connectivity index (χ2v) is 8.86. The molecule has 6 rings (SSSR count). The Balaban J connectivity index is 1.25. The Morgan fingerprint density at radius 1 is 0.917 bits per heavy atom. The van der Waals surface area contributed by atoms with Crippen LogP contribution in [0.4, 0.5) is 15.8 Å². The number of nitrogens with zero attached hydrogens (tertiary/aromatic N) is 4. The SMILES string of the molecule is O=C(Nc1ccc(-c2cccc(F)c2)nc1)c1n[nH]c2ccc(-c3cncc(N4CCCC4)c3)cc12. The molecule has 0 unspecified atom stereocenters. The van der Waals surface area contributed by atoms with Gasteiger partial charge in [0.2, 0.25) is 0 Å². The molecule has 8 heteroatoms. The minimum absolute atomic E-state index is 0.296. The minimum atomic E-state index is -0.345. The Morgan fingerprint density at radius 2 is 1.81 bits per heavy atom. The zero-order valence-corrected chi connectivity index (χ0v) is 19.4. The topological polar surface area (TPSA) is 86.8 Å². The Morgan fingerprint density at radius 3 is 2.61 bits per heavy atom. The van der Waals surface area contributed by atoms with Gasteiger partial charge in [0, 0.05) is 35.8 Å². The van der Waals surface area contributed by atoms with Crippen LogP contribution in [0.2, 0.25) is 0 Å². The van der Waals surface area contributed by atoms with Crippen molar-refractivity contribution in [2.75, 3.05) is 23.3 Å². The lowest BCUT2D eigenvalue weighted by molar-refractivity contribution is 0.102. The van der Waals surface area contributed by atoms with Gasteiger partial charge >= 0.3 is 0 Å². The van der Waals surface area contributed by atoms with Crippen molar-refractivity contribution in [2.45, 2.75) is 12.8 Å². The first-order valence-corrected chi connectivity index (χ1v) is 11.9. The number of pyridine rings is 2. The predicted octanol–water partition coefficient (Wildman–Crippen LogP) is 5.68. The number of amides is 1. The second kappa shape index (κ2) is 9.22. The third-order valence-electron chi connectivity index (χ3n) is 6.45. The number of fused-ring (bicyclic) bond motifs is 1. The number of hydrogen-bond acceptors (Lipinski definition) is 5. The first-order valence-electron chi connectivity index (χ1n) is 11.9. The van der Waals surface area contributed by atoms with Crippen LogP contribution in [-0.4, -0.2) is 39.2 Å². The summed E-state index contributed by atoms with van der Waals surface area (Å²) in [5, 5.41) is 10.8. The molecule has 2 N–H and O–H groups in total. The van der Waals surface area contributed by atoms with Gasteiger partial charge in [-0.25, -0.2) is 4.39 Å². The third-order valence-corrected chi connectivity index (χ3v) is 6.45. The highest BCUT2D eigenvalue weighted by Crippen LogP contribution is 2.29. The van der Waals surface area contributed by atoms with Gasteiger partial charge in [-0.1, -0.05) is 18.2 Å². The molecule has 0 spiro atoms. The van der Waals surface area contributed by atoms with Crippen molar-refractivity contribution < 1.29 is 9.18 Å². The van der Waals surface area contributed by atoms with Gasteiger partial charge in [0.1, 0.15) is 5.82 Å². The molecule has 1 amide bonds. The molecule has 2 aromatic carbocycles. The number of aromatic nitrogens is 4. The van der Waals surface area contributed by atoms with Gasteiger partial charge in [-0.05, 0) is 60.9 Å². The van der Waals surface area contributed by atoms with Gasteiger partial charge in [0.05, 0.1) is 35.0 Å². The number of benzene rings is 2. The van der Waals surface area contributed by atoms with E-state index >= 15 is 0 Å². The van der Waals surface area contributed by atoms with Crippen molar-refractivity contribution in [1.82, 2.24) is 20.2 Å². The molecule has 1 saturated heterocycles. The van der Waals surface area contributed by atoms with Crippen molar-refractivity contribution >= 4 is 28.2 Å². The zero-order chi connectivity index (χ0) is 24.5. The van der Waals surface area contributed by atoms with Crippen LogP contribution >= 0.6 is 0 Å². The summed E-state index contributed by atoms with van der Waals surface area (Å²) in [4.78, 5) is 24.2. The number of hydrogen-bond donors (Lipinski definition) is 2. The van der Waals surface area contributed by atoms with E-state index in [2.05, 4.69) is 36.4 Å². The number of rotatable bonds is 5. The normalized spacial score (nSPS) is 13.3. The van der Waals surface area contributed by atoms with Crippen LogP contribution in [0.3, 0.4) is 0 Å². The second-order valence-electron chi connectivity index (χ2n) is 8.86. The number of H-pyrrole nitrogens is 1. The smallest absolute Gasteiger partial charge is 0.276 e. The molecule has 0 bridgehead atoms. The number of anilines is 2. The maximum atomic E-state index is 13.5. The van der Waals surface area contributed by atoms with E-state index in [1.165, 1.54) is 25.0 Å². The molecule has 3 aromatic heterocycles. The summed E-state index contributed by atoms with van der Waals surface area (Å²) >= 11 is 0. The number of aromatic amines is 1. The fourth-order valence-electron chi connectivity index (χ4n) is 4.58. The molecule has 1 aliphatic heterocycles. The van der Waals surface area contributed by atoms with Gasteiger partial charge in [-0.2, -0.15) is 5.10 Å². The van der Waals surface area contributed by atoms with Gasteiger partial charge < -0.3 is 10.2 Å². The van der Waals surface area contributed by atoms with Crippen LogP contribution in [0.1, 0.15) is 23.3 Å². The van der Waals surface area contributed by atoms with Gasteiger partial charge in [0.15, 0.2) is 5.69 Å². The summed E-state index contributed by atoms with van der Waals surface area (Å²) in [5.74, 6) is -0.669. The Kier molecular flexibility index (Phi) is 5.61. The van der Waals surface area contributed by atoms with E-state index in [-0.39, 0.29) is 11.7 Å². The Labute approximate surface area is 207 Å². The molecule has 0 atom stereocenters. The average molecular weight is 479 g/mol. The molecule has 36 heavy (non-hydrogen) atoms. The van der Waals surface area contributed by atoms with Crippen LogP contribution in [0.25, 0.3) is 33.3 Å². The number of halogens is 1. The van der Waals surface area contributed by atoms with Gasteiger partial charge in [-0.15, -0.1) is 0 Å². The summed E-state index contributed by atoms with van der Waals surface area (Å²) in [5.41, 5.74) is 5.95. The van der Waals surface area contributed by atoms with Crippen molar-refractivity contribution in [2.24, 2.45) is 0 Å². The van der Waals surface area contributed by atoms with E-state index in [1.807, 2.05) is 30.6 Å². The van der Waals surface area contributed by atoms with E-state index in [0.717, 1.165) is 40.8 Å². The number of carbonyl (C=O) groups is 1. The standard InChI is InChI=1S/C28H23FN6O/c29-21-5-3-4-19(12-21)25-9-7-22(16-31-25)32-28(36)27-24-14-18(6-8-26(24)33-34-27)20-13-23(17-30-15-20)35-10-1-2-11-35/h3-9,12-17H,1-2,10-11H2,(H,32,36)(H,33,34). The molecule has 5 aromatic rings. The fraction of sp³-hybridized carbons (Fsp3) is 0.143. The Hall–Kier alpha value is -4.59. The van der Waals surface area contributed by atoms with Gasteiger partial charge in [0.25, 0.3) is 5.91 Å². The summed E-state index contributed by atoms with van der Waals surface area (Å²) in [6.07, 6.45) is 7.69. The van der Waals surface area contributed by atoms with Crippen LogP contribution < -0.4 is 10.2 Å². The summed E-state index contributed by atoms with van der Waals surface area (Å²) in [7, 11) is 0. The van der Waals surface area contributed by atoms with Crippen LogP contribution in [0, 0.1) is 5.82 Å². The van der Waals surface area contributed by atoms with Crippen LogP contribution in [0.5, 0.6) is 0 Å². The largest absolute Gasteiger partial charge is 0.370 e. The first-order chi connectivity index (χ1) is 17.6. The predicted molar refractivity (Wildman–Crippen MR) is 138 cm³/mol. The minimum Gasteiger partial charge on any atom is -0.370 e. The van der Waals surface area contributed by atoms with Crippen molar-refractivity contribution in [1.29, 1.82) is 0 Å². The molecule has 1 aliphatic rings. The number of carbonyl (C=O) groups excluding carboxylic acids is 1. The molecular weight excluding hydrogens is 455 g/mol. The van der Waals surface area contributed by atoms with Crippen molar-refractivity contribution in [3.8, 4) is 22.4 Å². The van der Waals surface area contributed by atoms with E-state index in [4.69, 9.17) is 0 Å². The van der Waals surface area contributed by atoms with Crippen LogP contribution in [0.15, 0.2) is 79.3 Å². The highest BCUT2D eigenvalue weighted by atomic mass is 19.1. The molecule has 7 nitrogen and oxygen atoms in total. The highest BCUT2D eigenvalue weighted by molar-refractivity contribution is 6.11. The maximum absolute atomic E-state index is 13.5. The molecule has 0 radical (unpaired) electrons. The lowest BCUT2D eigenvalue weighted by atomic mass is 10.0. The molecule has 0 aliphatic carbocycles. The van der Waals surface area contributed by atoms with Crippen molar-refractivity contribution in [3.63, 3.8) is 0 Å². The quantitative estimate of drug-likeness (QED) is 0.339. The highest BCUT2D eigenvalue weighted by Gasteiger charge is 2.17. The molecular formula is C28H23FN6O. The molecule has 0 saturated carbocycles. The van der Waals surface area contributed by atoms with Crippen LogP contribution in [-0.2, 0) is 0 Å². The summed E-state index contributed by atoms with van der Waals surface area (Å²) in [6, 6.07) is 17.7. The molecule has 4 heterocycles. The molecule has 178 valence electrons. The van der Waals surface area contributed by atoms with E-state index in [9.17, 15) is 9.18 Å². The monoisotopic (exact) mass is 478 g/mol. The third kappa shape index (κ3) is 4.29. The number of nitrogens with one attached hydrogen (secondary N) is 2. The zero-order valence-electron chi connectivity index (χ0n) is 19.4. The lowest BCUT2D eigenvalue weighted by Crippen LogP contribution is -2.17. The van der Waals surface area contributed by atoms with E-state index in [0.29, 0.717) is 22.6 Å². The maximum Gasteiger partial charge on any atom is 0.276 e. The van der Waals surface area contributed by atoms with E-state index < -0.39 is 0 Å². The average Bonchev–Trinajstić information content (AvgIpc) is 3.59. The van der Waals surface area contributed by atoms with E-state index in [1.54, 1.807) is 30.5 Å². The van der Waals surface area contributed by atoms with Gasteiger partial charge in [-0.3, -0.25) is 19.9 Å².